The molecule has 0 bridgehead atoms. The van der Waals surface area contributed by atoms with E-state index in [4.69, 9.17) is 4.74 Å². The zero-order valence-electron chi connectivity index (χ0n) is 20.7. The number of nitrogens with one attached hydrogen (secondary N) is 1. The van der Waals surface area contributed by atoms with Crippen molar-refractivity contribution >= 4 is 18.0 Å². The molecule has 2 aliphatic rings. The Kier molecular flexibility index (Phi) is 7.15. The molecule has 186 valence electrons. The summed E-state index contributed by atoms with van der Waals surface area (Å²) in [6.07, 6.45) is 1.03. The summed E-state index contributed by atoms with van der Waals surface area (Å²) in [6, 6.07) is 14.8. The van der Waals surface area contributed by atoms with Crippen molar-refractivity contribution in [2.24, 2.45) is 11.8 Å². The number of alkyl carbamates (subject to hydrolysis) is 1. The van der Waals surface area contributed by atoms with Gasteiger partial charge in [-0.15, -0.1) is 0 Å². The van der Waals surface area contributed by atoms with E-state index < -0.39 is 30.1 Å². The lowest BCUT2D eigenvalue weighted by molar-refractivity contribution is -0.153. The number of nitrogens with zero attached hydrogens (tertiary/aromatic N) is 1. The average Bonchev–Trinajstić information content (AvgIpc) is 3.59. The Bertz CT molecular complexity index is 1060. The van der Waals surface area contributed by atoms with Gasteiger partial charge in [-0.3, -0.25) is 4.79 Å². The maximum absolute atomic E-state index is 13.4. The Labute approximate surface area is 206 Å². The summed E-state index contributed by atoms with van der Waals surface area (Å²) in [5.74, 6) is -1.95. The lowest BCUT2D eigenvalue weighted by Gasteiger charge is -2.35. The quantitative estimate of drug-likeness (QED) is 0.547. The molecule has 4 rings (SSSR count). The van der Waals surface area contributed by atoms with E-state index in [1.165, 1.54) is 4.90 Å². The van der Waals surface area contributed by atoms with Crippen molar-refractivity contribution in [1.82, 2.24) is 10.2 Å². The normalized spacial score (nSPS) is 17.2. The van der Waals surface area contributed by atoms with Crippen LogP contribution in [0.1, 0.15) is 57.6 Å². The Hall–Kier alpha value is -3.35. The minimum absolute atomic E-state index is 0.0449. The second-order valence-electron chi connectivity index (χ2n) is 10.0. The molecule has 1 saturated carbocycles. The molecule has 7 heteroatoms. The van der Waals surface area contributed by atoms with Gasteiger partial charge in [-0.05, 0) is 54.9 Å². The third-order valence-electron chi connectivity index (χ3n) is 7.20. The molecule has 35 heavy (non-hydrogen) atoms. The number of hydrogen-bond donors (Lipinski definition) is 2. The largest absolute Gasteiger partial charge is 0.480 e. The number of fused-ring (bicyclic) bond motifs is 3. The van der Waals surface area contributed by atoms with Gasteiger partial charge in [-0.1, -0.05) is 62.4 Å². The molecule has 2 aromatic rings. The maximum atomic E-state index is 13.4. The fourth-order valence-corrected chi connectivity index (χ4v) is 5.32. The molecule has 0 saturated heterocycles. The number of ether oxygens (including phenoxy) is 1. The van der Waals surface area contributed by atoms with E-state index in [0.29, 0.717) is 0 Å². The first kappa shape index (κ1) is 24.8. The first-order chi connectivity index (χ1) is 16.7. The van der Waals surface area contributed by atoms with Crippen molar-refractivity contribution in [2.75, 3.05) is 6.61 Å². The molecule has 2 N–H and O–H groups in total. The van der Waals surface area contributed by atoms with Gasteiger partial charge in [0.15, 0.2) is 0 Å². The van der Waals surface area contributed by atoms with Gasteiger partial charge in [0.25, 0.3) is 0 Å². The zero-order chi connectivity index (χ0) is 25.3. The second kappa shape index (κ2) is 10.1. The number of carbonyl (C=O) groups excluding carboxylic acids is 2. The van der Waals surface area contributed by atoms with E-state index in [9.17, 15) is 19.5 Å². The number of benzene rings is 2. The van der Waals surface area contributed by atoms with E-state index in [1.807, 2.05) is 38.1 Å². The van der Waals surface area contributed by atoms with Crippen LogP contribution in [0.2, 0.25) is 0 Å². The number of amides is 2. The minimum atomic E-state index is -1.02. The zero-order valence-corrected chi connectivity index (χ0v) is 20.7. The fourth-order valence-electron chi connectivity index (χ4n) is 5.32. The highest BCUT2D eigenvalue weighted by molar-refractivity contribution is 5.86. The number of carboxylic acids is 1. The molecule has 0 radical (unpaired) electrons. The number of aliphatic carboxylic acids is 1. The molecule has 3 unspecified atom stereocenters. The maximum Gasteiger partial charge on any atom is 0.407 e. The smallest absolute Gasteiger partial charge is 0.407 e. The van der Waals surface area contributed by atoms with Crippen molar-refractivity contribution < 1.29 is 24.2 Å². The number of carboxylic acid groups (broad SMARTS) is 1. The molecule has 2 aromatic carbocycles. The van der Waals surface area contributed by atoms with Crippen LogP contribution in [0.4, 0.5) is 4.79 Å². The Morgan fingerprint density at radius 1 is 0.971 bits per heavy atom. The van der Waals surface area contributed by atoms with Gasteiger partial charge in [0.2, 0.25) is 5.91 Å². The predicted molar refractivity (Wildman–Crippen MR) is 133 cm³/mol. The van der Waals surface area contributed by atoms with Crippen molar-refractivity contribution in [3.8, 4) is 11.1 Å². The molecule has 0 heterocycles. The summed E-state index contributed by atoms with van der Waals surface area (Å²) in [5.41, 5.74) is 4.58. The fraction of sp³-hybridized carbons (Fsp3) is 0.464. The lowest BCUT2D eigenvalue weighted by Crippen LogP contribution is -2.53. The monoisotopic (exact) mass is 478 g/mol. The highest BCUT2D eigenvalue weighted by Gasteiger charge is 2.43. The molecule has 0 spiro atoms. The topological polar surface area (TPSA) is 95.9 Å². The summed E-state index contributed by atoms with van der Waals surface area (Å²) in [7, 11) is 0. The molecule has 3 atom stereocenters. The molecule has 2 amide bonds. The van der Waals surface area contributed by atoms with Crippen LogP contribution in [0.25, 0.3) is 11.1 Å². The van der Waals surface area contributed by atoms with Gasteiger partial charge in [0.05, 0.1) is 5.92 Å². The van der Waals surface area contributed by atoms with Crippen LogP contribution in [-0.4, -0.2) is 52.7 Å². The second-order valence-corrected chi connectivity index (χ2v) is 10.0. The van der Waals surface area contributed by atoms with Gasteiger partial charge < -0.3 is 20.1 Å². The van der Waals surface area contributed by atoms with E-state index >= 15 is 0 Å². The van der Waals surface area contributed by atoms with Gasteiger partial charge in [0, 0.05) is 18.0 Å². The molecule has 0 aliphatic heterocycles. The summed E-state index contributed by atoms with van der Waals surface area (Å²) >= 11 is 0. The van der Waals surface area contributed by atoms with E-state index in [-0.39, 0.29) is 30.4 Å². The van der Waals surface area contributed by atoms with Gasteiger partial charge in [-0.25, -0.2) is 9.59 Å². The van der Waals surface area contributed by atoms with Gasteiger partial charge >= 0.3 is 12.1 Å². The molecular formula is C28H34N2O5. The van der Waals surface area contributed by atoms with Crippen molar-refractivity contribution in [3.63, 3.8) is 0 Å². The summed E-state index contributed by atoms with van der Waals surface area (Å²) < 4.78 is 5.66. The molecule has 0 aromatic heterocycles. The van der Waals surface area contributed by atoms with Gasteiger partial charge in [0.1, 0.15) is 12.6 Å². The van der Waals surface area contributed by atoms with Crippen LogP contribution in [0.3, 0.4) is 0 Å². The Morgan fingerprint density at radius 3 is 2.00 bits per heavy atom. The van der Waals surface area contributed by atoms with Gasteiger partial charge in [-0.2, -0.15) is 0 Å². The highest BCUT2D eigenvalue weighted by atomic mass is 16.5. The summed E-state index contributed by atoms with van der Waals surface area (Å²) in [5, 5.41) is 12.4. The number of carbonyl (C=O) groups is 3. The predicted octanol–water partition coefficient (Wildman–Crippen LogP) is 4.65. The molecular weight excluding hydrogens is 444 g/mol. The van der Waals surface area contributed by atoms with Crippen molar-refractivity contribution in [1.29, 1.82) is 0 Å². The molecule has 1 fully saturated rings. The standard InChI is InChI=1S/C28H34N2O5/c1-16(2)25(26(31)30(19-13-14-19)18(4)27(32)33)17(3)29-28(34)35-15-24-22-11-7-5-9-20(22)21-10-6-8-12-23(21)24/h5-12,16-19,24-25H,13-15H2,1-4H3,(H,29,34)(H,32,33). The third-order valence-corrected chi connectivity index (χ3v) is 7.20. The van der Waals surface area contributed by atoms with Crippen LogP contribution in [0, 0.1) is 11.8 Å². The summed E-state index contributed by atoms with van der Waals surface area (Å²) in [4.78, 5) is 39.3. The van der Waals surface area contributed by atoms with Crippen LogP contribution >= 0.6 is 0 Å². The van der Waals surface area contributed by atoms with E-state index in [2.05, 4.69) is 29.6 Å². The van der Waals surface area contributed by atoms with E-state index in [1.54, 1.807) is 13.8 Å². The van der Waals surface area contributed by atoms with Crippen LogP contribution in [0.15, 0.2) is 48.5 Å². The minimum Gasteiger partial charge on any atom is -0.480 e. The Balaban J connectivity index is 1.43. The van der Waals surface area contributed by atoms with Crippen LogP contribution in [0.5, 0.6) is 0 Å². The van der Waals surface area contributed by atoms with E-state index in [0.717, 1.165) is 35.1 Å². The first-order valence-corrected chi connectivity index (χ1v) is 12.4. The first-order valence-electron chi connectivity index (χ1n) is 12.4. The third kappa shape index (κ3) is 5.04. The van der Waals surface area contributed by atoms with Crippen LogP contribution < -0.4 is 5.32 Å². The number of rotatable bonds is 9. The Morgan fingerprint density at radius 2 is 1.51 bits per heavy atom. The van der Waals surface area contributed by atoms with Crippen molar-refractivity contribution in [2.45, 2.75) is 64.6 Å². The van der Waals surface area contributed by atoms with Crippen molar-refractivity contribution in [3.05, 3.63) is 59.7 Å². The summed E-state index contributed by atoms with van der Waals surface area (Å²) in [6.45, 7) is 7.33. The molecule has 2 aliphatic carbocycles. The number of hydrogen-bond acceptors (Lipinski definition) is 4. The highest BCUT2D eigenvalue weighted by Crippen LogP contribution is 2.44. The van der Waals surface area contributed by atoms with Crippen LogP contribution in [-0.2, 0) is 14.3 Å². The lowest BCUT2D eigenvalue weighted by atomic mass is 9.87. The SMILES string of the molecule is CC(C)C(C(=O)N(C1CC1)C(C)C(=O)O)C(C)NC(=O)OCC1c2ccccc2-c2ccccc21. The molecule has 7 nitrogen and oxygen atoms in total. The average molecular weight is 479 g/mol.